The number of nitrogens with zero attached hydrogens (tertiary/aromatic N) is 2. The number of aliphatic carboxylic acids is 1. The number of carbonyl (C=O) groups is 2. The van der Waals surface area contributed by atoms with Crippen molar-refractivity contribution in [3.63, 3.8) is 0 Å². The molecule has 0 unspecified atom stereocenters. The Labute approximate surface area is 111 Å². The maximum absolute atomic E-state index is 12.0. The molecule has 1 atom stereocenters. The summed E-state index contributed by atoms with van der Waals surface area (Å²) in [5, 5.41) is 18.4. The van der Waals surface area contributed by atoms with Gasteiger partial charge in [0.15, 0.2) is 0 Å². The number of hydrogen-bond acceptors (Lipinski definition) is 3. The highest BCUT2D eigenvalue weighted by molar-refractivity contribution is 5.82. The zero-order valence-corrected chi connectivity index (χ0v) is 10.8. The third-order valence-corrected chi connectivity index (χ3v) is 3.26. The van der Waals surface area contributed by atoms with Crippen molar-refractivity contribution >= 4 is 12.0 Å². The van der Waals surface area contributed by atoms with Gasteiger partial charge in [0.1, 0.15) is 6.04 Å². The summed E-state index contributed by atoms with van der Waals surface area (Å²) in [6.45, 7) is 2.93. The van der Waals surface area contributed by atoms with Crippen LogP contribution in [0.1, 0.15) is 31.0 Å². The molecule has 7 heteroatoms. The number of nitrogens with one attached hydrogen (secondary N) is 2. The van der Waals surface area contributed by atoms with Crippen LogP contribution in [0.4, 0.5) is 4.79 Å². The number of carbonyl (C=O) groups excluding carboxylic acids is 1. The van der Waals surface area contributed by atoms with Crippen molar-refractivity contribution in [2.75, 3.05) is 6.54 Å². The van der Waals surface area contributed by atoms with Crippen LogP contribution in [-0.2, 0) is 17.8 Å². The summed E-state index contributed by atoms with van der Waals surface area (Å²) in [6.07, 6.45) is 3.57. The van der Waals surface area contributed by atoms with Crippen molar-refractivity contribution < 1.29 is 14.7 Å². The zero-order chi connectivity index (χ0) is 13.8. The summed E-state index contributed by atoms with van der Waals surface area (Å²) in [5.74, 6) is -0.990. The molecule has 0 aromatic carbocycles. The summed E-state index contributed by atoms with van der Waals surface area (Å²) in [7, 11) is 0. The molecular weight excluding hydrogens is 248 g/mol. The fraction of sp³-hybridized carbons (Fsp3) is 0.583. The molecule has 0 bridgehead atoms. The van der Waals surface area contributed by atoms with Crippen LogP contribution in [0.2, 0.25) is 0 Å². The van der Waals surface area contributed by atoms with Crippen molar-refractivity contribution in [1.29, 1.82) is 0 Å². The lowest BCUT2D eigenvalue weighted by Crippen LogP contribution is -2.49. The molecule has 19 heavy (non-hydrogen) atoms. The summed E-state index contributed by atoms with van der Waals surface area (Å²) in [6, 6.07) is -1.14. The molecule has 2 rings (SSSR count). The summed E-state index contributed by atoms with van der Waals surface area (Å²) >= 11 is 0. The molecule has 0 radical (unpaired) electrons. The Balaban J connectivity index is 1.95. The average molecular weight is 266 g/mol. The third-order valence-electron chi connectivity index (χ3n) is 3.26. The highest BCUT2D eigenvalue weighted by atomic mass is 16.4. The van der Waals surface area contributed by atoms with Crippen LogP contribution < -0.4 is 5.32 Å². The van der Waals surface area contributed by atoms with Crippen molar-refractivity contribution in [2.24, 2.45) is 0 Å². The maximum Gasteiger partial charge on any atom is 0.326 e. The molecule has 0 saturated heterocycles. The van der Waals surface area contributed by atoms with E-state index in [1.165, 1.54) is 0 Å². The van der Waals surface area contributed by atoms with Gasteiger partial charge in [-0.3, -0.25) is 5.10 Å². The van der Waals surface area contributed by atoms with Gasteiger partial charge in [-0.2, -0.15) is 5.10 Å². The first-order valence-electron chi connectivity index (χ1n) is 6.41. The topological polar surface area (TPSA) is 98.3 Å². The SMILES string of the molecule is CCC[C@H](NC(=O)N1CCc2[nH]ncc2C1)C(=O)O. The molecule has 2 heterocycles. The second-order valence-electron chi connectivity index (χ2n) is 4.67. The van der Waals surface area contributed by atoms with Crippen LogP contribution in [0.5, 0.6) is 0 Å². The van der Waals surface area contributed by atoms with Gasteiger partial charge in [-0.05, 0) is 6.42 Å². The summed E-state index contributed by atoms with van der Waals surface area (Å²) in [5.41, 5.74) is 2.04. The molecule has 104 valence electrons. The Hall–Kier alpha value is -2.05. The fourth-order valence-corrected chi connectivity index (χ4v) is 2.18. The lowest BCUT2D eigenvalue weighted by molar-refractivity contribution is -0.139. The van der Waals surface area contributed by atoms with E-state index in [1.54, 1.807) is 11.1 Å². The molecule has 0 saturated carbocycles. The van der Waals surface area contributed by atoms with Crippen molar-refractivity contribution in [1.82, 2.24) is 20.4 Å². The highest BCUT2D eigenvalue weighted by Crippen LogP contribution is 2.16. The molecular formula is C12H18N4O3. The lowest BCUT2D eigenvalue weighted by Gasteiger charge is -2.28. The van der Waals surface area contributed by atoms with Crippen LogP contribution in [0.15, 0.2) is 6.20 Å². The van der Waals surface area contributed by atoms with Gasteiger partial charge in [0, 0.05) is 24.2 Å². The van der Waals surface area contributed by atoms with Gasteiger partial charge in [0.05, 0.1) is 12.7 Å². The Morgan fingerprint density at radius 1 is 1.63 bits per heavy atom. The number of urea groups is 1. The van der Waals surface area contributed by atoms with Crippen molar-refractivity contribution in [3.8, 4) is 0 Å². The molecule has 1 aliphatic heterocycles. The minimum atomic E-state index is -0.990. The number of fused-ring (bicyclic) bond motifs is 1. The molecule has 1 aliphatic rings. The van der Waals surface area contributed by atoms with Crippen LogP contribution in [0.25, 0.3) is 0 Å². The third kappa shape index (κ3) is 3.04. The number of hydrogen-bond donors (Lipinski definition) is 3. The number of amides is 2. The monoisotopic (exact) mass is 266 g/mol. The predicted molar refractivity (Wildman–Crippen MR) is 67.6 cm³/mol. The van der Waals surface area contributed by atoms with E-state index >= 15 is 0 Å². The van der Waals surface area contributed by atoms with E-state index in [0.717, 1.165) is 11.3 Å². The minimum absolute atomic E-state index is 0.326. The van der Waals surface area contributed by atoms with Crippen LogP contribution in [0.3, 0.4) is 0 Å². The van der Waals surface area contributed by atoms with Gasteiger partial charge in [0.25, 0.3) is 0 Å². The van der Waals surface area contributed by atoms with Crippen molar-refractivity contribution in [3.05, 3.63) is 17.5 Å². The number of carboxylic acid groups (broad SMARTS) is 1. The molecule has 0 aliphatic carbocycles. The van der Waals surface area contributed by atoms with Crippen LogP contribution in [-0.4, -0.2) is 44.8 Å². The number of aromatic amines is 1. The predicted octanol–water partition coefficient (Wildman–Crippen LogP) is 0.731. The number of aromatic nitrogens is 2. The van der Waals surface area contributed by atoms with Gasteiger partial charge in [-0.25, -0.2) is 9.59 Å². The molecule has 1 aromatic heterocycles. The molecule has 0 fully saturated rings. The largest absolute Gasteiger partial charge is 0.480 e. The summed E-state index contributed by atoms with van der Waals surface area (Å²) in [4.78, 5) is 24.7. The zero-order valence-electron chi connectivity index (χ0n) is 10.8. The first-order chi connectivity index (χ1) is 9.11. The fourth-order valence-electron chi connectivity index (χ4n) is 2.18. The molecule has 7 nitrogen and oxygen atoms in total. The smallest absolute Gasteiger partial charge is 0.326 e. The number of H-pyrrole nitrogens is 1. The normalized spacial score (nSPS) is 15.7. The first kappa shape index (κ1) is 13.4. The standard InChI is InChI=1S/C12H18N4O3/c1-2-3-10(11(17)18)14-12(19)16-5-4-9-8(7-16)6-13-15-9/h6,10H,2-5,7H2,1H3,(H,13,15)(H,14,19)(H,17,18)/t10-/m0/s1. The van der Waals surface area contributed by atoms with Gasteiger partial charge in [0.2, 0.25) is 0 Å². The van der Waals surface area contributed by atoms with E-state index in [1.807, 2.05) is 6.92 Å². The van der Waals surface area contributed by atoms with Gasteiger partial charge in [-0.1, -0.05) is 13.3 Å². The molecule has 1 aromatic rings. The van der Waals surface area contributed by atoms with Gasteiger partial charge >= 0.3 is 12.0 Å². The number of carboxylic acids is 1. The first-order valence-corrected chi connectivity index (χ1v) is 6.41. The Morgan fingerprint density at radius 3 is 3.11 bits per heavy atom. The minimum Gasteiger partial charge on any atom is -0.480 e. The van der Waals surface area contributed by atoms with Crippen molar-refractivity contribution in [2.45, 2.75) is 38.8 Å². The van der Waals surface area contributed by atoms with E-state index in [-0.39, 0.29) is 6.03 Å². The van der Waals surface area contributed by atoms with E-state index < -0.39 is 12.0 Å². The summed E-state index contributed by atoms with van der Waals surface area (Å²) < 4.78 is 0. The quantitative estimate of drug-likeness (QED) is 0.748. The van der Waals surface area contributed by atoms with Gasteiger partial charge in [-0.15, -0.1) is 0 Å². The Kier molecular flexibility index (Phi) is 4.03. The van der Waals surface area contributed by atoms with E-state index in [0.29, 0.717) is 32.4 Å². The second-order valence-corrected chi connectivity index (χ2v) is 4.67. The van der Waals surface area contributed by atoms with E-state index in [4.69, 9.17) is 5.11 Å². The lowest BCUT2D eigenvalue weighted by atomic mass is 10.1. The maximum atomic E-state index is 12.0. The Bertz CT molecular complexity index is 471. The Morgan fingerprint density at radius 2 is 2.42 bits per heavy atom. The molecule has 2 amide bonds. The molecule has 3 N–H and O–H groups in total. The number of rotatable bonds is 4. The van der Waals surface area contributed by atoms with Crippen LogP contribution >= 0.6 is 0 Å². The van der Waals surface area contributed by atoms with E-state index in [2.05, 4.69) is 15.5 Å². The molecule has 0 spiro atoms. The van der Waals surface area contributed by atoms with E-state index in [9.17, 15) is 9.59 Å². The van der Waals surface area contributed by atoms with Gasteiger partial charge < -0.3 is 15.3 Å². The highest BCUT2D eigenvalue weighted by Gasteiger charge is 2.25. The second kappa shape index (κ2) is 5.73. The van der Waals surface area contributed by atoms with Crippen LogP contribution in [0, 0.1) is 0 Å². The average Bonchev–Trinajstić information content (AvgIpc) is 2.85.